The number of nitrogens with zero attached hydrogens (tertiary/aromatic N) is 2. The van der Waals surface area contributed by atoms with Crippen LogP contribution in [0, 0.1) is 5.92 Å². The van der Waals surface area contributed by atoms with E-state index in [-0.39, 0.29) is 23.8 Å². The first-order valence-electron chi connectivity index (χ1n) is 5.79. The van der Waals surface area contributed by atoms with E-state index in [2.05, 4.69) is 25.8 Å². The van der Waals surface area contributed by atoms with Gasteiger partial charge in [-0.2, -0.15) is 0 Å². The van der Waals surface area contributed by atoms with Gasteiger partial charge in [0.25, 0.3) is 0 Å². The second-order valence-electron chi connectivity index (χ2n) is 5.51. The average Bonchev–Trinajstić information content (AvgIpc) is 2.82. The lowest BCUT2D eigenvalue weighted by Crippen LogP contribution is -2.24. The minimum atomic E-state index is 0.0597. The van der Waals surface area contributed by atoms with Crippen molar-refractivity contribution < 1.29 is 9.90 Å². The van der Waals surface area contributed by atoms with Gasteiger partial charge in [0.15, 0.2) is 5.13 Å². The Morgan fingerprint density at radius 2 is 2.29 bits per heavy atom. The average molecular weight is 254 g/mol. The molecule has 1 N–H and O–H groups in total. The molecule has 17 heavy (non-hydrogen) atoms. The van der Waals surface area contributed by atoms with Crippen LogP contribution in [0.1, 0.15) is 32.1 Å². The quantitative estimate of drug-likeness (QED) is 0.875. The topological polar surface area (TPSA) is 53.4 Å². The van der Waals surface area contributed by atoms with E-state index in [1.54, 1.807) is 16.2 Å². The Kier molecular flexibility index (Phi) is 3.23. The molecule has 0 bridgehead atoms. The molecule has 1 saturated heterocycles. The van der Waals surface area contributed by atoms with Crippen LogP contribution in [0.15, 0.2) is 6.20 Å². The fraction of sp³-hybridized carbons (Fsp3) is 0.667. The number of anilines is 1. The predicted octanol–water partition coefficient (Wildman–Crippen LogP) is 1.79. The van der Waals surface area contributed by atoms with Gasteiger partial charge in [0.2, 0.25) is 5.91 Å². The molecule has 1 aromatic heterocycles. The Balaban J connectivity index is 2.19. The van der Waals surface area contributed by atoms with Crippen LogP contribution < -0.4 is 4.90 Å². The first-order chi connectivity index (χ1) is 7.91. The summed E-state index contributed by atoms with van der Waals surface area (Å²) in [5, 5.41) is 9.85. The lowest BCUT2D eigenvalue weighted by Gasteiger charge is -2.15. The molecule has 1 amide bonds. The molecular formula is C12H18N2O2S. The van der Waals surface area contributed by atoms with Gasteiger partial charge < -0.3 is 5.11 Å². The highest BCUT2D eigenvalue weighted by atomic mass is 32.1. The molecule has 0 radical (unpaired) electrons. The van der Waals surface area contributed by atoms with Crippen molar-refractivity contribution in [2.45, 2.75) is 32.6 Å². The van der Waals surface area contributed by atoms with Crippen LogP contribution in [0.2, 0.25) is 0 Å². The van der Waals surface area contributed by atoms with Gasteiger partial charge in [0.05, 0.1) is 0 Å². The number of carbonyl (C=O) groups is 1. The predicted molar refractivity (Wildman–Crippen MR) is 68.4 cm³/mol. The van der Waals surface area contributed by atoms with Crippen molar-refractivity contribution in [3.8, 4) is 0 Å². The van der Waals surface area contributed by atoms with E-state index in [0.29, 0.717) is 13.0 Å². The third-order valence-corrected chi connectivity index (χ3v) is 4.37. The second-order valence-corrected chi connectivity index (χ2v) is 6.52. The van der Waals surface area contributed by atoms with Crippen molar-refractivity contribution in [2.24, 2.45) is 5.92 Å². The fourth-order valence-electron chi connectivity index (χ4n) is 1.83. The van der Waals surface area contributed by atoms with Crippen molar-refractivity contribution >= 4 is 22.4 Å². The van der Waals surface area contributed by atoms with Crippen LogP contribution in [0.3, 0.4) is 0 Å². The summed E-state index contributed by atoms with van der Waals surface area (Å²) >= 11 is 1.57. The largest absolute Gasteiger partial charge is 0.396 e. The highest BCUT2D eigenvalue weighted by Gasteiger charge is 2.32. The molecule has 94 valence electrons. The number of aromatic nitrogens is 1. The molecule has 1 aliphatic rings. The van der Waals surface area contributed by atoms with Crippen molar-refractivity contribution in [2.75, 3.05) is 18.1 Å². The van der Waals surface area contributed by atoms with Gasteiger partial charge in [-0.05, 0) is 5.41 Å². The number of rotatable bonds is 2. The molecule has 2 heterocycles. The smallest absolute Gasteiger partial charge is 0.229 e. The third kappa shape index (κ3) is 2.50. The molecule has 0 aliphatic carbocycles. The Hall–Kier alpha value is -0.940. The van der Waals surface area contributed by atoms with Crippen LogP contribution >= 0.6 is 11.3 Å². The molecule has 5 heteroatoms. The van der Waals surface area contributed by atoms with Gasteiger partial charge in [-0.25, -0.2) is 4.98 Å². The molecule has 0 saturated carbocycles. The number of thiazole rings is 1. The summed E-state index contributed by atoms with van der Waals surface area (Å²) < 4.78 is 0. The van der Waals surface area contributed by atoms with E-state index < -0.39 is 0 Å². The second kappa shape index (κ2) is 4.38. The highest BCUT2D eigenvalue weighted by molar-refractivity contribution is 7.15. The maximum atomic E-state index is 11.8. The Bertz CT molecular complexity index is 422. The zero-order chi connectivity index (χ0) is 12.6. The minimum Gasteiger partial charge on any atom is -0.396 e. The van der Waals surface area contributed by atoms with Gasteiger partial charge in [-0.3, -0.25) is 9.69 Å². The fourth-order valence-corrected chi connectivity index (χ4v) is 2.83. The number of aliphatic hydroxyl groups excluding tert-OH is 1. The summed E-state index contributed by atoms with van der Waals surface area (Å²) in [5.41, 5.74) is 0.0646. The van der Waals surface area contributed by atoms with E-state index in [9.17, 15) is 4.79 Å². The standard InChI is InChI=1S/C12H18N2O2S/c1-12(2,3)9-5-13-11(17-9)14-6-8(7-15)4-10(14)16/h5,8,15H,4,6-7H2,1-3H3. The lowest BCUT2D eigenvalue weighted by atomic mass is 9.96. The van der Waals surface area contributed by atoms with Crippen molar-refractivity contribution in [1.82, 2.24) is 4.98 Å². The number of aliphatic hydroxyl groups is 1. The normalized spacial score (nSPS) is 21.3. The van der Waals surface area contributed by atoms with Crippen LogP contribution in [-0.2, 0) is 10.2 Å². The zero-order valence-electron chi connectivity index (χ0n) is 10.4. The molecule has 1 aliphatic heterocycles. The first-order valence-corrected chi connectivity index (χ1v) is 6.61. The lowest BCUT2D eigenvalue weighted by molar-refractivity contribution is -0.117. The summed E-state index contributed by atoms with van der Waals surface area (Å²) in [6.07, 6.45) is 2.28. The summed E-state index contributed by atoms with van der Waals surface area (Å²) in [6.45, 7) is 7.05. The number of carbonyl (C=O) groups excluding carboxylic acids is 1. The maximum absolute atomic E-state index is 11.8. The maximum Gasteiger partial charge on any atom is 0.229 e. The van der Waals surface area contributed by atoms with Crippen LogP contribution in [0.4, 0.5) is 5.13 Å². The monoisotopic (exact) mass is 254 g/mol. The van der Waals surface area contributed by atoms with Gasteiger partial charge in [-0.1, -0.05) is 20.8 Å². The van der Waals surface area contributed by atoms with Gasteiger partial charge in [-0.15, -0.1) is 11.3 Å². The number of hydrogen-bond acceptors (Lipinski definition) is 4. The first kappa shape index (κ1) is 12.5. The molecule has 1 fully saturated rings. The van der Waals surface area contributed by atoms with Crippen LogP contribution in [0.5, 0.6) is 0 Å². The Morgan fingerprint density at radius 3 is 2.76 bits per heavy atom. The Labute approximate surface area is 105 Å². The van der Waals surface area contributed by atoms with E-state index in [4.69, 9.17) is 5.11 Å². The van der Waals surface area contributed by atoms with Gasteiger partial charge in [0.1, 0.15) is 0 Å². The van der Waals surface area contributed by atoms with E-state index >= 15 is 0 Å². The molecular weight excluding hydrogens is 236 g/mol. The summed E-state index contributed by atoms with van der Waals surface area (Å²) in [4.78, 5) is 19.0. The Morgan fingerprint density at radius 1 is 1.59 bits per heavy atom. The van der Waals surface area contributed by atoms with Crippen LogP contribution in [-0.4, -0.2) is 29.1 Å². The van der Waals surface area contributed by atoms with E-state index in [1.165, 1.54) is 4.88 Å². The molecule has 0 spiro atoms. The van der Waals surface area contributed by atoms with Gasteiger partial charge >= 0.3 is 0 Å². The van der Waals surface area contributed by atoms with Crippen molar-refractivity contribution in [3.63, 3.8) is 0 Å². The van der Waals surface area contributed by atoms with E-state index in [0.717, 1.165) is 5.13 Å². The molecule has 1 unspecified atom stereocenters. The van der Waals surface area contributed by atoms with Gasteiger partial charge in [0, 0.05) is 36.6 Å². The van der Waals surface area contributed by atoms with E-state index in [1.807, 2.05) is 6.20 Å². The SMILES string of the molecule is CC(C)(C)c1cnc(N2CC(CO)CC2=O)s1. The van der Waals surface area contributed by atoms with Crippen LogP contribution in [0.25, 0.3) is 0 Å². The molecule has 2 rings (SSSR count). The zero-order valence-corrected chi connectivity index (χ0v) is 11.3. The van der Waals surface area contributed by atoms with Crippen molar-refractivity contribution in [1.29, 1.82) is 0 Å². The molecule has 1 aromatic rings. The summed E-state index contributed by atoms with van der Waals surface area (Å²) in [5.74, 6) is 0.128. The third-order valence-electron chi connectivity index (χ3n) is 2.93. The summed E-state index contributed by atoms with van der Waals surface area (Å²) in [7, 11) is 0. The number of hydrogen-bond donors (Lipinski definition) is 1. The number of amides is 1. The molecule has 0 aromatic carbocycles. The minimum absolute atomic E-state index is 0.0597. The summed E-state index contributed by atoms with van der Waals surface area (Å²) in [6, 6.07) is 0. The molecule has 1 atom stereocenters. The highest BCUT2D eigenvalue weighted by Crippen LogP contribution is 2.34. The van der Waals surface area contributed by atoms with Crippen molar-refractivity contribution in [3.05, 3.63) is 11.1 Å². The molecule has 4 nitrogen and oxygen atoms in total.